The number of nitrogens with zero attached hydrogens (tertiary/aromatic N) is 4. The Kier molecular flexibility index (Phi) is 4.70. The molecule has 5 nitrogen and oxygen atoms in total. The molecule has 17 heavy (non-hydrogen) atoms. The van der Waals surface area contributed by atoms with Crippen LogP contribution in [0, 0.1) is 24.2 Å². The quantitative estimate of drug-likeness (QED) is 0.838. The van der Waals surface area contributed by atoms with E-state index >= 15 is 0 Å². The fourth-order valence-electron chi connectivity index (χ4n) is 1.68. The van der Waals surface area contributed by atoms with Crippen molar-refractivity contribution in [2.45, 2.75) is 27.2 Å². The summed E-state index contributed by atoms with van der Waals surface area (Å²) in [5.41, 5.74) is 6.66. The van der Waals surface area contributed by atoms with Gasteiger partial charge in [-0.1, -0.05) is 13.8 Å². The SMILES string of the molecule is Cc1c(N)ncnc1N(CCC#N)CC(C)C. The molecule has 1 heterocycles. The topological polar surface area (TPSA) is 78.8 Å². The lowest BCUT2D eigenvalue weighted by atomic mass is 10.2. The molecule has 0 aliphatic carbocycles. The lowest BCUT2D eigenvalue weighted by molar-refractivity contribution is 0.606. The van der Waals surface area contributed by atoms with E-state index in [2.05, 4.69) is 34.8 Å². The third-order valence-corrected chi connectivity index (χ3v) is 2.48. The second-order valence-electron chi connectivity index (χ2n) is 4.46. The number of nitriles is 1. The molecule has 0 spiro atoms. The number of hydrogen-bond donors (Lipinski definition) is 1. The van der Waals surface area contributed by atoms with E-state index in [9.17, 15) is 0 Å². The zero-order valence-electron chi connectivity index (χ0n) is 10.6. The molecule has 0 atom stereocenters. The molecule has 0 saturated carbocycles. The van der Waals surface area contributed by atoms with Gasteiger partial charge in [-0.25, -0.2) is 9.97 Å². The molecule has 0 bridgehead atoms. The first-order chi connectivity index (χ1) is 8.06. The van der Waals surface area contributed by atoms with Crippen LogP contribution >= 0.6 is 0 Å². The van der Waals surface area contributed by atoms with E-state index in [4.69, 9.17) is 11.0 Å². The van der Waals surface area contributed by atoms with Crippen molar-refractivity contribution in [1.29, 1.82) is 5.26 Å². The maximum atomic E-state index is 8.69. The van der Waals surface area contributed by atoms with Crippen molar-refractivity contribution in [3.05, 3.63) is 11.9 Å². The Morgan fingerprint density at radius 1 is 1.47 bits per heavy atom. The van der Waals surface area contributed by atoms with Gasteiger partial charge in [0.1, 0.15) is 18.0 Å². The van der Waals surface area contributed by atoms with Crippen molar-refractivity contribution in [2.24, 2.45) is 5.92 Å². The molecule has 0 unspecified atom stereocenters. The third kappa shape index (κ3) is 3.59. The molecule has 0 aliphatic heterocycles. The van der Waals surface area contributed by atoms with Crippen LogP contribution in [-0.4, -0.2) is 23.1 Å². The molecule has 0 radical (unpaired) electrons. The highest BCUT2D eigenvalue weighted by molar-refractivity contribution is 5.55. The number of hydrogen-bond acceptors (Lipinski definition) is 5. The second kappa shape index (κ2) is 6.04. The second-order valence-corrected chi connectivity index (χ2v) is 4.46. The van der Waals surface area contributed by atoms with E-state index in [1.165, 1.54) is 6.33 Å². The molecular formula is C12H19N5. The average Bonchev–Trinajstić information content (AvgIpc) is 2.28. The highest BCUT2D eigenvalue weighted by atomic mass is 15.2. The lowest BCUT2D eigenvalue weighted by Gasteiger charge is -2.26. The fourth-order valence-corrected chi connectivity index (χ4v) is 1.68. The predicted octanol–water partition coefficient (Wildman–Crippen LogP) is 1.74. The Morgan fingerprint density at radius 2 is 2.18 bits per heavy atom. The van der Waals surface area contributed by atoms with Gasteiger partial charge in [-0.2, -0.15) is 5.26 Å². The zero-order valence-corrected chi connectivity index (χ0v) is 10.6. The number of nitrogens with two attached hydrogens (primary N) is 1. The van der Waals surface area contributed by atoms with Crippen LogP contribution in [0.5, 0.6) is 0 Å². The van der Waals surface area contributed by atoms with E-state index in [0.717, 1.165) is 17.9 Å². The van der Waals surface area contributed by atoms with Crippen molar-refractivity contribution < 1.29 is 0 Å². The van der Waals surface area contributed by atoms with Gasteiger partial charge >= 0.3 is 0 Å². The summed E-state index contributed by atoms with van der Waals surface area (Å²) < 4.78 is 0. The summed E-state index contributed by atoms with van der Waals surface area (Å²) in [4.78, 5) is 10.3. The monoisotopic (exact) mass is 233 g/mol. The highest BCUT2D eigenvalue weighted by Gasteiger charge is 2.13. The molecule has 0 saturated heterocycles. The first-order valence-corrected chi connectivity index (χ1v) is 5.75. The van der Waals surface area contributed by atoms with Crippen molar-refractivity contribution in [1.82, 2.24) is 9.97 Å². The summed E-state index contributed by atoms with van der Waals surface area (Å²) in [5.74, 6) is 1.84. The van der Waals surface area contributed by atoms with Crippen molar-refractivity contribution in [3.8, 4) is 6.07 Å². The minimum absolute atomic E-state index is 0.482. The fraction of sp³-hybridized carbons (Fsp3) is 0.583. The van der Waals surface area contributed by atoms with Crippen LogP contribution in [0.15, 0.2) is 6.33 Å². The minimum Gasteiger partial charge on any atom is -0.383 e. The van der Waals surface area contributed by atoms with Crippen LogP contribution in [0.3, 0.4) is 0 Å². The number of aromatic nitrogens is 2. The van der Waals surface area contributed by atoms with Gasteiger partial charge < -0.3 is 10.6 Å². The van der Waals surface area contributed by atoms with E-state index in [1.54, 1.807) is 0 Å². The van der Waals surface area contributed by atoms with Crippen molar-refractivity contribution in [3.63, 3.8) is 0 Å². The molecule has 92 valence electrons. The Bertz CT molecular complexity index is 408. The smallest absolute Gasteiger partial charge is 0.137 e. The van der Waals surface area contributed by atoms with Gasteiger partial charge in [-0.15, -0.1) is 0 Å². The molecule has 0 fully saturated rings. The molecule has 0 aromatic carbocycles. The highest BCUT2D eigenvalue weighted by Crippen LogP contribution is 2.21. The molecule has 0 amide bonds. The van der Waals surface area contributed by atoms with Gasteiger partial charge in [-0.3, -0.25) is 0 Å². The van der Waals surface area contributed by atoms with Gasteiger partial charge in [0.25, 0.3) is 0 Å². The standard InChI is InChI=1S/C12H19N5/c1-9(2)7-17(6-4-5-13)12-10(3)11(14)15-8-16-12/h8-9H,4,6-7H2,1-3H3,(H2,14,15,16). The maximum Gasteiger partial charge on any atom is 0.137 e. The summed E-state index contributed by atoms with van der Waals surface area (Å²) in [6, 6.07) is 2.16. The molecule has 1 aromatic rings. The minimum atomic E-state index is 0.482. The zero-order chi connectivity index (χ0) is 12.8. The van der Waals surface area contributed by atoms with Crippen LogP contribution < -0.4 is 10.6 Å². The van der Waals surface area contributed by atoms with E-state index < -0.39 is 0 Å². The molecule has 1 rings (SSSR count). The summed E-state index contributed by atoms with van der Waals surface area (Å²) in [5, 5.41) is 8.69. The van der Waals surface area contributed by atoms with Crippen LogP contribution in [0.4, 0.5) is 11.6 Å². The predicted molar refractivity (Wildman–Crippen MR) is 68.5 cm³/mol. The molecule has 5 heteroatoms. The summed E-state index contributed by atoms with van der Waals surface area (Å²) in [7, 11) is 0. The third-order valence-electron chi connectivity index (χ3n) is 2.48. The van der Waals surface area contributed by atoms with Crippen LogP contribution in [0.25, 0.3) is 0 Å². The van der Waals surface area contributed by atoms with E-state index in [1.807, 2.05) is 6.92 Å². The van der Waals surface area contributed by atoms with E-state index in [0.29, 0.717) is 24.7 Å². The number of anilines is 2. The Labute approximate surface area is 102 Å². The summed E-state index contributed by atoms with van der Waals surface area (Å²) in [6.45, 7) is 7.72. The van der Waals surface area contributed by atoms with Crippen molar-refractivity contribution in [2.75, 3.05) is 23.7 Å². The molecular weight excluding hydrogens is 214 g/mol. The number of nitrogen functional groups attached to an aromatic ring is 1. The Balaban J connectivity index is 2.95. The van der Waals surface area contributed by atoms with Crippen molar-refractivity contribution >= 4 is 11.6 Å². The van der Waals surface area contributed by atoms with Gasteiger partial charge in [0, 0.05) is 18.7 Å². The first kappa shape index (κ1) is 13.2. The van der Waals surface area contributed by atoms with E-state index in [-0.39, 0.29) is 0 Å². The first-order valence-electron chi connectivity index (χ1n) is 5.75. The van der Waals surface area contributed by atoms with Gasteiger partial charge in [0.15, 0.2) is 0 Å². The van der Waals surface area contributed by atoms with Gasteiger partial charge in [0.2, 0.25) is 0 Å². The molecule has 1 aromatic heterocycles. The molecule has 2 N–H and O–H groups in total. The largest absolute Gasteiger partial charge is 0.383 e. The number of rotatable bonds is 5. The van der Waals surface area contributed by atoms with Gasteiger partial charge in [0.05, 0.1) is 12.5 Å². The summed E-state index contributed by atoms with van der Waals surface area (Å²) >= 11 is 0. The normalized spacial score (nSPS) is 10.3. The lowest BCUT2D eigenvalue weighted by Crippen LogP contribution is -2.30. The van der Waals surface area contributed by atoms with Crippen LogP contribution in [0.2, 0.25) is 0 Å². The van der Waals surface area contributed by atoms with Crippen LogP contribution in [-0.2, 0) is 0 Å². The average molecular weight is 233 g/mol. The maximum absolute atomic E-state index is 8.69. The van der Waals surface area contributed by atoms with Gasteiger partial charge in [-0.05, 0) is 12.8 Å². The van der Waals surface area contributed by atoms with Crippen LogP contribution in [0.1, 0.15) is 25.8 Å². The Hall–Kier alpha value is -1.83. The molecule has 0 aliphatic rings. The Morgan fingerprint density at radius 3 is 2.76 bits per heavy atom. The summed E-state index contributed by atoms with van der Waals surface area (Å²) in [6.07, 6.45) is 1.95.